The first-order valence-electron chi connectivity index (χ1n) is 5.39. The van der Waals surface area contributed by atoms with Gasteiger partial charge in [0.1, 0.15) is 0 Å². The lowest BCUT2D eigenvalue weighted by Gasteiger charge is -2.42. The highest BCUT2D eigenvalue weighted by atomic mass is 16.2. The Hall–Kier alpha value is -1.64. The van der Waals surface area contributed by atoms with E-state index in [0.29, 0.717) is 13.0 Å². The molecule has 1 fully saturated rings. The van der Waals surface area contributed by atoms with Crippen LogP contribution in [0, 0.1) is 5.41 Å². The maximum Gasteiger partial charge on any atom is 0.236 e. The summed E-state index contributed by atoms with van der Waals surface area (Å²) in [5, 5.41) is 0. The van der Waals surface area contributed by atoms with Crippen LogP contribution < -0.4 is 0 Å². The van der Waals surface area contributed by atoms with Gasteiger partial charge >= 0.3 is 0 Å². The number of nitrogens with zero attached hydrogens (tertiary/aromatic N) is 1. The second kappa shape index (κ2) is 3.74. The Morgan fingerprint density at radius 3 is 2.44 bits per heavy atom. The van der Waals surface area contributed by atoms with Gasteiger partial charge in [0.15, 0.2) is 0 Å². The molecule has 2 amide bonds. The van der Waals surface area contributed by atoms with Crippen LogP contribution in [0.25, 0.3) is 0 Å². The number of benzene rings is 1. The SMILES string of the molecule is CC1(C)CN(C(=O)Cc2ccccc2)C1=O. The van der Waals surface area contributed by atoms with Gasteiger partial charge in [0.05, 0.1) is 11.8 Å². The Bertz CT molecular complexity index is 423. The van der Waals surface area contributed by atoms with Gasteiger partial charge in [-0.1, -0.05) is 30.3 Å². The van der Waals surface area contributed by atoms with Crippen LogP contribution in [0.1, 0.15) is 19.4 Å². The van der Waals surface area contributed by atoms with Crippen molar-refractivity contribution >= 4 is 11.8 Å². The lowest BCUT2D eigenvalue weighted by Crippen LogP contribution is -2.60. The van der Waals surface area contributed by atoms with Gasteiger partial charge in [-0.25, -0.2) is 0 Å². The number of hydrogen-bond acceptors (Lipinski definition) is 2. The summed E-state index contributed by atoms with van der Waals surface area (Å²) in [4.78, 5) is 24.8. The van der Waals surface area contributed by atoms with Crippen LogP contribution >= 0.6 is 0 Å². The molecule has 0 spiro atoms. The van der Waals surface area contributed by atoms with Crippen molar-refractivity contribution in [3.8, 4) is 0 Å². The molecule has 3 heteroatoms. The number of hydrogen-bond donors (Lipinski definition) is 0. The Morgan fingerprint density at radius 2 is 1.94 bits per heavy atom. The predicted molar refractivity (Wildman–Crippen MR) is 60.6 cm³/mol. The van der Waals surface area contributed by atoms with Crippen molar-refractivity contribution in [3.05, 3.63) is 35.9 Å². The molecule has 0 N–H and O–H groups in total. The Kier molecular flexibility index (Phi) is 2.54. The van der Waals surface area contributed by atoms with E-state index < -0.39 is 0 Å². The Labute approximate surface area is 95.1 Å². The monoisotopic (exact) mass is 217 g/mol. The van der Waals surface area contributed by atoms with Crippen molar-refractivity contribution in [3.63, 3.8) is 0 Å². The first kappa shape index (κ1) is 10.9. The van der Waals surface area contributed by atoms with Crippen molar-refractivity contribution < 1.29 is 9.59 Å². The normalized spacial score (nSPS) is 18.1. The molecule has 0 unspecified atom stereocenters. The molecular weight excluding hydrogens is 202 g/mol. The van der Waals surface area contributed by atoms with E-state index in [1.165, 1.54) is 4.90 Å². The van der Waals surface area contributed by atoms with E-state index in [4.69, 9.17) is 0 Å². The number of rotatable bonds is 2. The summed E-state index contributed by atoms with van der Waals surface area (Å²) >= 11 is 0. The van der Waals surface area contributed by atoms with Gasteiger partial charge in [-0.2, -0.15) is 0 Å². The molecule has 84 valence electrons. The summed E-state index contributed by atoms with van der Waals surface area (Å²) in [6, 6.07) is 9.49. The molecule has 0 radical (unpaired) electrons. The maximum atomic E-state index is 11.8. The van der Waals surface area contributed by atoms with Crippen molar-refractivity contribution in [2.75, 3.05) is 6.54 Å². The first-order chi connectivity index (χ1) is 7.50. The van der Waals surface area contributed by atoms with Gasteiger partial charge in [-0.3, -0.25) is 14.5 Å². The summed E-state index contributed by atoms with van der Waals surface area (Å²) < 4.78 is 0. The summed E-state index contributed by atoms with van der Waals surface area (Å²) in [5.41, 5.74) is 0.594. The van der Waals surface area contributed by atoms with Crippen LogP contribution in [-0.2, 0) is 16.0 Å². The highest BCUT2D eigenvalue weighted by molar-refractivity contribution is 6.03. The third kappa shape index (κ3) is 1.85. The summed E-state index contributed by atoms with van der Waals surface area (Å²) in [6.45, 7) is 4.26. The van der Waals surface area contributed by atoms with E-state index in [0.717, 1.165) is 5.56 Å². The fourth-order valence-corrected chi connectivity index (χ4v) is 1.88. The number of β-lactam (4-membered cyclic amide) rings is 1. The molecule has 0 bridgehead atoms. The van der Waals surface area contributed by atoms with Gasteiger partial charge in [0, 0.05) is 6.54 Å². The largest absolute Gasteiger partial charge is 0.281 e. The fourth-order valence-electron chi connectivity index (χ4n) is 1.88. The number of carbonyl (C=O) groups is 2. The van der Waals surface area contributed by atoms with Crippen LogP contribution in [-0.4, -0.2) is 23.3 Å². The highest BCUT2D eigenvalue weighted by Gasteiger charge is 2.46. The van der Waals surface area contributed by atoms with Crippen LogP contribution in [0.15, 0.2) is 30.3 Å². The first-order valence-corrected chi connectivity index (χ1v) is 5.39. The molecular formula is C13H15NO2. The van der Waals surface area contributed by atoms with Gasteiger partial charge in [0.2, 0.25) is 11.8 Å². The second-order valence-electron chi connectivity index (χ2n) is 4.83. The molecule has 0 atom stereocenters. The molecule has 1 aliphatic rings. The average Bonchev–Trinajstić information content (AvgIpc) is 2.27. The van der Waals surface area contributed by atoms with Crippen LogP contribution in [0.3, 0.4) is 0 Å². The summed E-state index contributed by atoms with van der Waals surface area (Å²) in [6.07, 6.45) is 0.308. The zero-order valence-corrected chi connectivity index (χ0v) is 9.56. The number of amides is 2. The van der Waals surface area contributed by atoms with E-state index in [2.05, 4.69) is 0 Å². The molecule has 0 aliphatic carbocycles. The van der Waals surface area contributed by atoms with Crippen molar-refractivity contribution in [1.82, 2.24) is 4.90 Å². The van der Waals surface area contributed by atoms with Gasteiger partial charge < -0.3 is 0 Å². The number of imide groups is 1. The maximum absolute atomic E-state index is 11.8. The standard InChI is InChI=1S/C13H15NO2/c1-13(2)9-14(12(13)16)11(15)8-10-6-4-3-5-7-10/h3-7H,8-9H2,1-2H3. The Morgan fingerprint density at radius 1 is 1.31 bits per heavy atom. The van der Waals surface area contributed by atoms with Gasteiger partial charge in [-0.15, -0.1) is 0 Å². The minimum Gasteiger partial charge on any atom is -0.281 e. The minimum absolute atomic E-state index is 0.0616. The number of carbonyl (C=O) groups excluding carboxylic acids is 2. The van der Waals surface area contributed by atoms with Crippen molar-refractivity contribution in [2.45, 2.75) is 20.3 Å². The van der Waals surface area contributed by atoms with Gasteiger partial charge in [0.25, 0.3) is 0 Å². The molecule has 1 heterocycles. The smallest absolute Gasteiger partial charge is 0.236 e. The topological polar surface area (TPSA) is 37.4 Å². The van der Waals surface area contributed by atoms with E-state index >= 15 is 0 Å². The molecule has 0 aromatic heterocycles. The van der Waals surface area contributed by atoms with E-state index in [1.54, 1.807) is 0 Å². The van der Waals surface area contributed by atoms with E-state index in [-0.39, 0.29) is 17.2 Å². The Balaban J connectivity index is 1.99. The molecule has 1 saturated heterocycles. The van der Waals surface area contributed by atoms with Gasteiger partial charge in [-0.05, 0) is 19.4 Å². The van der Waals surface area contributed by atoms with Crippen LogP contribution in [0.5, 0.6) is 0 Å². The van der Waals surface area contributed by atoms with E-state index in [1.807, 2.05) is 44.2 Å². The predicted octanol–water partition coefficient (Wildman–Crippen LogP) is 1.62. The van der Waals surface area contributed by atoms with Crippen molar-refractivity contribution in [1.29, 1.82) is 0 Å². The molecule has 0 saturated carbocycles. The molecule has 2 rings (SSSR count). The average molecular weight is 217 g/mol. The lowest BCUT2D eigenvalue weighted by molar-refractivity contribution is -0.165. The molecule has 16 heavy (non-hydrogen) atoms. The fraction of sp³-hybridized carbons (Fsp3) is 0.385. The van der Waals surface area contributed by atoms with Crippen LogP contribution in [0.2, 0.25) is 0 Å². The second-order valence-corrected chi connectivity index (χ2v) is 4.83. The zero-order chi connectivity index (χ0) is 11.8. The molecule has 1 aromatic rings. The van der Waals surface area contributed by atoms with Crippen LogP contribution in [0.4, 0.5) is 0 Å². The summed E-state index contributed by atoms with van der Waals surface area (Å²) in [7, 11) is 0. The lowest BCUT2D eigenvalue weighted by atomic mass is 9.83. The summed E-state index contributed by atoms with van der Waals surface area (Å²) in [5.74, 6) is -0.163. The highest BCUT2D eigenvalue weighted by Crippen LogP contribution is 2.30. The third-order valence-electron chi connectivity index (χ3n) is 2.88. The third-order valence-corrected chi connectivity index (χ3v) is 2.88. The van der Waals surface area contributed by atoms with Crippen molar-refractivity contribution in [2.24, 2.45) is 5.41 Å². The molecule has 1 aromatic carbocycles. The number of likely N-dealkylation sites (tertiary alicyclic amines) is 1. The van der Waals surface area contributed by atoms with E-state index in [9.17, 15) is 9.59 Å². The molecule has 1 aliphatic heterocycles. The minimum atomic E-state index is -0.355. The quantitative estimate of drug-likeness (QED) is 0.706. The molecule has 3 nitrogen and oxygen atoms in total. The zero-order valence-electron chi connectivity index (χ0n) is 9.56.